The first-order valence-electron chi connectivity index (χ1n) is 6.71. The smallest absolute Gasteiger partial charge is 0.178 e. The summed E-state index contributed by atoms with van der Waals surface area (Å²) in [6.45, 7) is 3.27. The maximum Gasteiger partial charge on any atom is 0.178 e. The number of aryl methyl sites for hydroxylation is 1. The fourth-order valence-electron chi connectivity index (χ4n) is 2.31. The third-order valence-electron chi connectivity index (χ3n) is 3.31. The topological polar surface area (TPSA) is 29.9 Å². The zero-order chi connectivity index (χ0) is 14.8. The van der Waals surface area contributed by atoms with E-state index in [1.165, 1.54) is 5.56 Å². The molecule has 1 heterocycles. The first kappa shape index (κ1) is 14.2. The van der Waals surface area contributed by atoms with Gasteiger partial charge in [0.15, 0.2) is 4.77 Å². The van der Waals surface area contributed by atoms with Crippen molar-refractivity contribution in [2.24, 2.45) is 0 Å². The molecule has 3 rings (SSSR count). The number of ether oxygens (including phenoxy) is 1. The Morgan fingerprint density at radius 2 is 2.10 bits per heavy atom. The largest absolute Gasteiger partial charge is 0.492 e. The Balaban J connectivity index is 1.78. The van der Waals surface area contributed by atoms with Crippen LogP contribution in [0.3, 0.4) is 0 Å². The normalized spacial score (nSPS) is 11.0. The number of aromatic amines is 1. The minimum Gasteiger partial charge on any atom is -0.492 e. The standard InChI is InChI=1S/C16H15ClN2OS/c1-11-3-2-4-13(9-11)20-8-7-19-15-10-12(17)5-6-14(15)18-16(19)21/h2-6,9-10H,7-8H2,1H3,(H,18,21). The summed E-state index contributed by atoms with van der Waals surface area (Å²) in [5.41, 5.74) is 3.17. The molecule has 3 nitrogen and oxygen atoms in total. The SMILES string of the molecule is Cc1cccc(OCCn2c(=S)[nH]c3ccc(Cl)cc32)c1. The van der Waals surface area contributed by atoms with Crippen LogP contribution >= 0.6 is 23.8 Å². The number of H-pyrrole nitrogens is 1. The van der Waals surface area contributed by atoms with Gasteiger partial charge in [-0.3, -0.25) is 0 Å². The maximum absolute atomic E-state index is 6.05. The van der Waals surface area contributed by atoms with Crippen LogP contribution in [-0.4, -0.2) is 16.2 Å². The fraction of sp³-hybridized carbons (Fsp3) is 0.188. The molecule has 0 spiro atoms. The Labute approximate surface area is 133 Å². The molecule has 0 fully saturated rings. The molecule has 2 aromatic carbocycles. The number of benzene rings is 2. The fourth-order valence-corrected chi connectivity index (χ4v) is 2.77. The van der Waals surface area contributed by atoms with Gasteiger partial charge in [-0.25, -0.2) is 0 Å². The van der Waals surface area contributed by atoms with Crippen LogP contribution in [0.4, 0.5) is 0 Å². The lowest BCUT2D eigenvalue weighted by Crippen LogP contribution is -2.08. The molecule has 21 heavy (non-hydrogen) atoms. The van der Waals surface area contributed by atoms with Crippen LogP contribution in [0.15, 0.2) is 42.5 Å². The summed E-state index contributed by atoms with van der Waals surface area (Å²) in [5, 5.41) is 0.699. The van der Waals surface area contributed by atoms with E-state index in [4.69, 9.17) is 28.6 Å². The van der Waals surface area contributed by atoms with E-state index in [9.17, 15) is 0 Å². The number of halogens is 1. The highest BCUT2D eigenvalue weighted by Gasteiger charge is 2.05. The average Bonchev–Trinajstić information content (AvgIpc) is 2.75. The molecule has 0 aliphatic rings. The van der Waals surface area contributed by atoms with Crippen LogP contribution in [0.25, 0.3) is 11.0 Å². The molecule has 0 aliphatic carbocycles. The molecule has 0 unspecified atom stereocenters. The van der Waals surface area contributed by atoms with Crippen LogP contribution in [0.2, 0.25) is 5.02 Å². The number of hydrogen-bond acceptors (Lipinski definition) is 2. The predicted molar refractivity (Wildman–Crippen MR) is 88.8 cm³/mol. The summed E-state index contributed by atoms with van der Waals surface area (Å²) in [6.07, 6.45) is 0. The van der Waals surface area contributed by atoms with E-state index in [-0.39, 0.29) is 0 Å². The molecule has 108 valence electrons. The van der Waals surface area contributed by atoms with Crippen LogP contribution < -0.4 is 4.74 Å². The number of rotatable bonds is 4. The molecular weight excluding hydrogens is 304 g/mol. The van der Waals surface area contributed by atoms with Crippen LogP contribution in [-0.2, 0) is 6.54 Å². The van der Waals surface area contributed by atoms with Crippen molar-refractivity contribution in [1.29, 1.82) is 0 Å². The van der Waals surface area contributed by atoms with Gasteiger partial charge in [0.25, 0.3) is 0 Å². The van der Waals surface area contributed by atoms with Crippen molar-refractivity contribution in [2.45, 2.75) is 13.5 Å². The van der Waals surface area contributed by atoms with Gasteiger partial charge in [-0.05, 0) is 55.0 Å². The third kappa shape index (κ3) is 3.12. The molecule has 5 heteroatoms. The van der Waals surface area contributed by atoms with Gasteiger partial charge in [0.05, 0.1) is 17.6 Å². The zero-order valence-corrected chi connectivity index (χ0v) is 13.2. The quantitative estimate of drug-likeness (QED) is 0.704. The van der Waals surface area contributed by atoms with E-state index in [1.54, 1.807) is 0 Å². The first-order chi connectivity index (χ1) is 10.1. The lowest BCUT2D eigenvalue weighted by molar-refractivity contribution is 0.299. The molecule has 1 N–H and O–H groups in total. The van der Waals surface area contributed by atoms with Crippen molar-refractivity contribution in [3.05, 3.63) is 57.8 Å². The Bertz CT molecular complexity index is 838. The maximum atomic E-state index is 6.05. The second-order valence-electron chi connectivity index (χ2n) is 4.91. The number of nitrogens with one attached hydrogen (secondary N) is 1. The molecule has 0 bridgehead atoms. The minimum atomic E-state index is 0.553. The molecule has 0 saturated carbocycles. The molecule has 0 saturated heterocycles. The monoisotopic (exact) mass is 318 g/mol. The number of nitrogens with zero attached hydrogens (tertiary/aromatic N) is 1. The van der Waals surface area contributed by atoms with Gasteiger partial charge in [-0.2, -0.15) is 0 Å². The van der Waals surface area contributed by atoms with E-state index >= 15 is 0 Å². The number of fused-ring (bicyclic) bond motifs is 1. The summed E-state index contributed by atoms with van der Waals surface area (Å²) >= 11 is 11.4. The Kier molecular flexibility index (Phi) is 3.99. The van der Waals surface area contributed by atoms with Gasteiger partial charge in [0.1, 0.15) is 12.4 Å². The van der Waals surface area contributed by atoms with Crippen molar-refractivity contribution in [3.63, 3.8) is 0 Å². The van der Waals surface area contributed by atoms with Gasteiger partial charge < -0.3 is 14.3 Å². The molecule has 0 amide bonds. The van der Waals surface area contributed by atoms with Gasteiger partial charge >= 0.3 is 0 Å². The van der Waals surface area contributed by atoms with Crippen molar-refractivity contribution in [1.82, 2.24) is 9.55 Å². The van der Waals surface area contributed by atoms with E-state index < -0.39 is 0 Å². The Morgan fingerprint density at radius 1 is 1.24 bits per heavy atom. The summed E-state index contributed by atoms with van der Waals surface area (Å²) in [7, 11) is 0. The summed E-state index contributed by atoms with van der Waals surface area (Å²) in [5.74, 6) is 0.874. The predicted octanol–water partition coefficient (Wildman–Crippen LogP) is 4.74. The highest BCUT2D eigenvalue weighted by atomic mass is 35.5. The van der Waals surface area contributed by atoms with Gasteiger partial charge in [0.2, 0.25) is 0 Å². The van der Waals surface area contributed by atoms with Crippen LogP contribution in [0.1, 0.15) is 5.56 Å². The average molecular weight is 319 g/mol. The first-order valence-corrected chi connectivity index (χ1v) is 7.49. The molecule has 0 radical (unpaired) electrons. The van der Waals surface area contributed by atoms with Gasteiger partial charge in [-0.1, -0.05) is 23.7 Å². The number of imidazole rings is 1. The Morgan fingerprint density at radius 3 is 2.90 bits per heavy atom. The summed E-state index contributed by atoms with van der Waals surface area (Å²) < 4.78 is 8.47. The van der Waals surface area contributed by atoms with Gasteiger partial charge in [-0.15, -0.1) is 0 Å². The molecule has 1 aromatic heterocycles. The second kappa shape index (κ2) is 5.92. The highest BCUT2D eigenvalue weighted by molar-refractivity contribution is 7.71. The lowest BCUT2D eigenvalue weighted by atomic mass is 10.2. The van der Waals surface area contributed by atoms with Crippen LogP contribution in [0.5, 0.6) is 5.75 Å². The minimum absolute atomic E-state index is 0.553. The lowest BCUT2D eigenvalue weighted by Gasteiger charge is -2.08. The highest BCUT2D eigenvalue weighted by Crippen LogP contribution is 2.19. The van der Waals surface area contributed by atoms with E-state index in [0.29, 0.717) is 22.9 Å². The number of aromatic nitrogens is 2. The molecular formula is C16H15ClN2OS. The van der Waals surface area contributed by atoms with Crippen molar-refractivity contribution in [2.75, 3.05) is 6.61 Å². The third-order valence-corrected chi connectivity index (χ3v) is 3.87. The second-order valence-corrected chi connectivity index (χ2v) is 5.73. The summed E-state index contributed by atoms with van der Waals surface area (Å²) in [4.78, 5) is 3.18. The summed E-state index contributed by atoms with van der Waals surface area (Å²) in [6, 6.07) is 13.7. The molecule has 3 aromatic rings. The van der Waals surface area contributed by atoms with E-state index in [0.717, 1.165) is 16.8 Å². The van der Waals surface area contributed by atoms with Gasteiger partial charge in [0, 0.05) is 5.02 Å². The van der Waals surface area contributed by atoms with Crippen molar-refractivity contribution >= 4 is 34.9 Å². The van der Waals surface area contributed by atoms with Crippen molar-refractivity contribution in [3.8, 4) is 5.75 Å². The van der Waals surface area contributed by atoms with Crippen LogP contribution in [0, 0.1) is 11.7 Å². The van der Waals surface area contributed by atoms with Crippen molar-refractivity contribution < 1.29 is 4.74 Å². The van der Waals surface area contributed by atoms with E-state index in [1.807, 2.05) is 54.0 Å². The Hall–Kier alpha value is -1.78. The molecule has 0 aliphatic heterocycles. The molecule has 0 atom stereocenters. The van der Waals surface area contributed by atoms with E-state index in [2.05, 4.69) is 4.98 Å². The zero-order valence-electron chi connectivity index (χ0n) is 11.6. The number of hydrogen-bond donors (Lipinski definition) is 1.